The van der Waals surface area contributed by atoms with E-state index in [-0.39, 0.29) is 33.7 Å². The van der Waals surface area contributed by atoms with Crippen molar-refractivity contribution in [2.45, 2.75) is 6.61 Å². The van der Waals surface area contributed by atoms with Crippen molar-refractivity contribution >= 4 is 40.9 Å². The molecule has 0 fully saturated rings. The van der Waals surface area contributed by atoms with Gasteiger partial charge in [0, 0.05) is 26.2 Å². The predicted molar refractivity (Wildman–Crippen MR) is 106 cm³/mol. The summed E-state index contributed by atoms with van der Waals surface area (Å²) in [6.45, 7) is 0.106. The quantitative estimate of drug-likeness (QED) is 0.297. The Morgan fingerprint density at radius 1 is 1.25 bits per heavy atom. The van der Waals surface area contributed by atoms with Crippen molar-refractivity contribution in [3.05, 3.63) is 73.3 Å². The van der Waals surface area contributed by atoms with Crippen molar-refractivity contribution in [1.82, 2.24) is 4.90 Å². The highest BCUT2D eigenvalue weighted by Gasteiger charge is 2.14. The average molecular weight is 420 g/mol. The molecule has 0 radical (unpaired) electrons. The molecule has 0 bridgehead atoms. The summed E-state index contributed by atoms with van der Waals surface area (Å²) >= 11 is 12.5. The van der Waals surface area contributed by atoms with Crippen LogP contribution in [-0.2, 0) is 11.4 Å². The molecule has 2 aromatic rings. The predicted octanol–water partition coefficient (Wildman–Crippen LogP) is 4.48. The maximum Gasteiger partial charge on any atom is 0.269 e. The molecule has 9 heteroatoms. The summed E-state index contributed by atoms with van der Waals surface area (Å²) in [6.07, 6.45) is 1.39. The van der Waals surface area contributed by atoms with Gasteiger partial charge >= 0.3 is 0 Å². The zero-order valence-corrected chi connectivity index (χ0v) is 16.5. The summed E-state index contributed by atoms with van der Waals surface area (Å²) in [4.78, 5) is 23.4. The van der Waals surface area contributed by atoms with E-state index >= 15 is 0 Å². The normalized spacial score (nSPS) is 10.9. The number of amides is 1. The van der Waals surface area contributed by atoms with Gasteiger partial charge in [-0.15, -0.1) is 0 Å². The average Bonchev–Trinajstić information content (AvgIpc) is 2.65. The highest BCUT2D eigenvalue weighted by atomic mass is 35.5. The van der Waals surface area contributed by atoms with Crippen molar-refractivity contribution in [3.8, 4) is 11.8 Å². The van der Waals surface area contributed by atoms with Crippen molar-refractivity contribution in [1.29, 1.82) is 5.26 Å². The maximum absolute atomic E-state index is 11.9. The standard InChI is InChI=1S/C19H15Cl2N3O4/c1-23(2)19(25)14(10-22)7-13-8-16(20)18(17(21)9-13)28-11-12-3-5-15(6-4-12)24(26)27/h3-9H,11H2,1-2H3/b14-7-. The fourth-order valence-corrected chi connectivity index (χ4v) is 2.83. The minimum Gasteiger partial charge on any atom is -0.486 e. The summed E-state index contributed by atoms with van der Waals surface area (Å²) < 4.78 is 5.63. The topological polar surface area (TPSA) is 96.5 Å². The lowest BCUT2D eigenvalue weighted by atomic mass is 10.1. The number of benzene rings is 2. The van der Waals surface area contributed by atoms with Crippen LogP contribution in [-0.4, -0.2) is 29.8 Å². The van der Waals surface area contributed by atoms with Gasteiger partial charge in [-0.3, -0.25) is 14.9 Å². The number of rotatable bonds is 6. The van der Waals surface area contributed by atoms with E-state index in [2.05, 4.69) is 0 Å². The molecule has 0 saturated carbocycles. The molecule has 0 N–H and O–H groups in total. The summed E-state index contributed by atoms with van der Waals surface area (Å²) in [5.74, 6) is -0.204. The largest absolute Gasteiger partial charge is 0.486 e. The Hall–Kier alpha value is -3.08. The highest BCUT2D eigenvalue weighted by Crippen LogP contribution is 2.35. The molecule has 0 unspecified atom stereocenters. The van der Waals surface area contributed by atoms with Gasteiger partial charge in [-0.25, -0.2) is 0 Å². The number of carbonyl (C=O) groups excluding carboxylic acids is 1. The van der Waals surface area contributed by atoms with Crippen molar-refractivity contribution in [2.24, 2.45) is 0 Å². The third kappa shape index (κ3) is 5.22. The minimum absolute atomic E-state index is 0.0171. The molecule has 1 amide bonds. The van der Waals surface area contributed by atoms with E-state index in [9.17, 15) is 14.9 Å². The van der Waals surface area contributed by atoms with Gasteiger partial charge in [0.25, 0.3) is 11.6 Å². The molecule has 0 spiro atoms. The van der Waals surface area contributed by atoms with E-state index in [1.165, 1.54) is 35.2 Å². The number of nitro benzene ring substituents is 1. The van der Waals surface area contributed by atoms with Gasteiger partial charge < -0.3 is 9.64 Å². The third-order valence-electron chi connectivity index (χ3n) is 3.62. The monoisotopic (exact) mass is 419 g/mol. The van der Waals surface area contributed by atoms with Gasteiger partial charge in [-0.1, -0.05) is 23.2 Å². The Kier molecular flexibility index (Phi) is 6.99. The second-order valence-electron chi connectivity index (χ2n) is 5.90. The van der Waals surface area contributed by atoms with Gasteiger partial charge in [-0.2, -0.15) is 5.26 Å². The highest BCUT2D eigenvalue weighted by molar-refractivity contribution is 6.37. The third-order valence-corrected chi connectivity index (χ3v) is 4.18. The summed E-state index contributed by atoms with van der Waals surface area (Å²) in [5.41, 5.74) is 1.10. The number of non-ortho nitro benzene ring substituents is 1. The number of likely N-dealkylation sites (N-methyl/N-ethyl adjacent to an activating group) is 1. The van der Waals surface area contributed by atoms with E-state index in [4.69, 9.17) is 33.2 Å². The number of hydrogen-bond donors (Lipinski definition) is 0. The Bertz CT molecular complexity index is 957. The number of nitriles is 1. The van der Waals surface area contributed by atoms with Crippen LogP contribution in [0.15, 0.2) is 42.0 Å². The molecule has 2 rings (SSSR count). The number of carbonyl (C=O) groups is 1. The number of hydrogen-bond acceptors (Lipinski definition) is 5. The molecule has 0 atom stereocenters. The van der Waals surface area contributed by atoms with Gasteiger partial charge in [0.1, 0.15) is 18.2 Å². The molecule has 0 aliphatic carbocycles. The van der Waals surface area contributed by atoms with Crippen molar-refractivity contribution < 1.29 is 14.5 Å². The smallest absolute Gasteiger partial charge is 0.269 e. The van der Waals surface area contributed by atoms with Gasteiger partial charge in [-0.05, 0) is 41.5 Å². The maximum atomic E-state index is 11.9. The number of ether oxygens (including phenoxy) is 1. The first-order valence-electron chi connectivity index (χ1n) is 7.91. The first-order chi connectivity index (χ1) is 13.2. The van der Waals surface area contributed by atoms with Crippen LogP contribution in [0.5, 0.6) is 5.75 Å². The Labute approximate surface area is 171 Å². The van der Waals surface area contributed by atoms with Crippen LogP contribution in [0.2, 0.25) is 10.0 Å². The second-order valence-corrected chi connectivity index (χ2v) is 6.71. The van der Waals surface area contributed by atoms with Crippen LogP contribution in [0, 0.1) is 21.4 Å². The zero-order chi connectivity index (χ0) is 20.8. The van der Waals surface area contributed by atoms with Crippen LogP contribution in [0.4, 0.5) is 5.69 Å². The van der Waals surface area contributed by atoms with E-state index in [0.717, 1.165) is 0 Å². The van der Waals surface area contributed by atoms with Crippen molar-refractivity contribution in [2.75, 3.05) is 14.1 Å². The molecule has 0 aliphatic heterocycles. The fourth-order valence-electron chi connectivity index (χ4n) is 2.22. The molecule has 0 saturated heterocycles. The van der Waals surface area contributed by atoms with Crippen LogP contribution < -0.4 is 4.74 Å². The molecular formula is C19H15Cl2N3O4. The Morgan fingerprint density at radius 3 is 2.29 bits per heavy atom. The van der Waals surface area contributed by atoms with E-state index in [0.29, 0.717) is 11.1 Å². The Morgan fingerprint density at radius 2 is 1.82 bits per heavy atom. The second kappa shape index (κ2) is 9.22. The summed E-state index contributed by atoms with van der Waals surface area (Å²) in [7, 11) is 3.09. The number of halogens is 2. The molecular weight excluding hydrogens is 405 g/mol. The summed E-state index contributed by atoms with van der Waals surface area (Å²) in [6, 6.07) is 10.8. The molecule has 7 nitrogen and oxygen atoms in total. The van der Waals surface area contributed by atoms with Gasteiger partial charge in [0.15, 0.2) is 5.75 Å². The van der Waals surface area contributed by atoms with E-state index in [1.54, 1.807) is 26.2 Å². The van der Waals surface area contributed by atoms with Crippen molar-refractivity contribution in [3.63, 3.8) is 0 Å². The SMILES string of the molecule is CN(C)C(=O)/C(C#N)=C\c1cc(Cl)c(OCc2ccc([N+](=O)[O-])cc2)c(Cl)c1. The molecule has 0 aliphatic rings. The molecule has 144 valence electrons. The first kappa shape index (κ1) is 21.2. The molecule has 2 aromatic carbocycles. The fraction of sp³-hybridized carbons (Fsp3) is 0.158. The van der Waals surface area contributed by atoms with Gasteiger partial charge in [0.05, 0.1) is 15.0 Å². The van der Waals surface area contributed by atoms with Gasteiger partial charge in [0.2, 0.25) is 0 Å². The molecule has 0 aromatic heterocycles. The lowest BCUT2D eigenvalue weighted by Crippen LogP contribution is -2.22. The lowest BCUT2D eigenvalue weighted by molar-refractivity contribution is -0.384. The Balaban J connectivity index is 2.20. The summed E-state index contributed by atoms with van der Waals surface area (Å²) in [5, 5.41) is 20.3. The van der Waals surface area contributed by atoms with Crippen LogP contribution in [0.25, 0.3) is 6.08 Å². The van der Waals surface area contributed by atoms with Crippen LogP contribution in [0.3, 0.4) is 0 Å². The van der Waals surface area contributed by atoms with Crippen LogP contribution >= 0.6 is 23.2 Å². The first-order valence-corrected chi connectivity index (χ1v) is 8.67. The van der Waals surface area contributed by atoms with E-state index < -0.39 is 10.8 Å². The minimum atomic E-state index is -0.485. The molecule has 28 heavy (non-hydrogen) atoms. The molecule has 0 heterocycles. The van der Waals surface area contributed by atoms with E-state index in [1.807, 2.05) is 6.07 Å². The number of nitro groups is 1. The van der Waals surface area contributed by atoms with Crippen LogP contribution in [0.1, 0.15) is 11.1 Å². The lowest BCUT2D eigenvalue weighted by Gasteiger charge is -2.12. The zero-order valence-electron chi connectivity index (χ0n) is 15.0. The number of nitrogens with zero attached hydrogens (tertiary/aromatic N) is 3.